The number of amides is 1. The lowest BCUT2D eigenvalue weighted by molar-refractivity contribution is -0.146. The summed E-state index contributed by atoms with van der Waals surface area (Å²) in [4.78, 5) is 57.3. The van der Waals surface area contributed by atoms with Gasteiger partial charge in [-0.15, -0.1) is 0 Å². The zero-order valence-electron chi connectivity index (χ0n) is 17.0. The lowest BCUT2D eigenvalue weighted by Crippen LogP contribution is -2.49. The molecule has 1 rings (SSSR count). The van der Waals surface area contributed by atoms with Gasteiger partial charge in [0, 0.05) is 31.2 Å². The number of benzene rings is 1. The number of carboxylic acids is 3. The second-order valence-electron chi connectivity index (χ2n) is 7.16. The van der Waals surface area contributed by atoms with Crippen molar-refractivity contribution in [3.63, 3.8) is 0 Å². The summed E-state index contributed by atoms with van der Waals surface area (Å²) in [6.45, 7) is 0.0566. The van der Waals surface area contributed by atoms with E-state index in [0.29, 0.717) is 0 Å². The summed E-state index contributed by atoms with van der Waals surface area (Å²) >= 11 is 0. The average molecular weight is 437 g/mol. The Labute approximate surface area is 179 Å². The number of hydrogen-bond acceptors (Lipinski definition) is 6. The van der Waals surface area contributed by atoms with Crippen molar-refractivity contribution >= 4 is 29.8 Å². The van der Waals surface area contributed by atoms with Crippen LogP contribution in [-0.2, 0) is 35.3 Å². The first-order valence-corrected chi connectivity index (χ1v) is 9.78. The fourth-order valence-corrected chi connectivity index (χ4v) is 2.99. The van der Waals surface area contributed by atoms with Crippen LogP contribution in [-0.4, -0.2) is 50.6 Å². The quantitative estimate of drug-likeness (QED) is 0.300. The Morgan fingerprint density at radius 2 is 1.23 bits per heavy atom. The Morgan fingerprint density at radius 1 is 0.742 bits per heavy atom. The molecular formula is C21H27NO9. The molecule has 1 amide bonds. The Kier molecular flexibility index (Phi) is 10.7. The summed E-state index contributed by atoms with van der Waals surface area (Å²) in [5.41, 5.74) is -0.532. The van der Waals surface area contributed by atoms with Crippen LogP contribution in [0.5, 0.6) is 0 Å². The molecule has 0 radical (unpaired) electrons. The van der Waals surface area contributed by atoms with Gasteiger partial charge in [0.1, 0.15) is 6.61 Å². The fraction of sp³-hybridized carbons (Fsp3) is 0.476. The van der Waals surface area contributed by atoms with Crippen molar-refractivity contribution in [3.8, 4) is 0 Å². The Morgan fingerprint density at radius 3 is 1.68 bits per heavy atom. The third-order valence-electron chi connectivity index (χ3n) is 4.66. The monoisotopic (exact) mass is 437 g/mol. The zero-order valence-corrected chi connectivity index (χ0v) is 17.0. The number of aliphatic carboxylic acids is 3. The normalized spacial score (nSPS) is 10.8. The van der Waals surface area contributed by atoms with E-state index in [-0.39, 0.29) is 58.0 Å². The molecule has 4 N–H and O–H groups in total. The second-order valence-corrected chi connectivity index (χ2v) is 7.16. The summed E-state index contributed by atoms with van der Waals surface area (Å²) in [5, 5.41) is 29.6. The molecule has 1 aromatic rings. The highest BCUT2D eigenvalue weighted by atomic mass is 16.5. The van der Waals surface area contributed by atoms with Gasteiger partial charge in [-0.05, 0) is 24.8 Å². The molecule has 0 spiro atoms. The molecule has 31 heavy (non-hydrogen) atoms. The van der Waals surface area contributed by atoms with Gasteiger partial charge in [0.25, 0.3) is 0 Å². The molecule has 0 unspecified atom stereocenters. The van der Waals surface area contributed by atoms with Crippen molar-refractivity contribution in [2.75, 3.05) is 0 Å². The van der Waals surface area contributed by atoms with Crippen molar-refractivity contribution in [2.24, 2.45) is 0 Å². The van der Waals surface area contributed by atoms with Crippen molar-refractivity contribution in [1.82, 2.24) is 5.32 Å². The summed E-state index contributed by atoms with van der Waals surface area (Å²) in [6.07, 6.45) is -2.02. The van der Waals surface area contributed by atoms with Crippen molar-refractivity contribution in [1.29, 1.82) is 0 Å². The summed E-state index contributed by atoms with van der Waals surface area (Å²) in [7, 11) is 0. The number of carbonyl (C=O) groups is 5. The van der Waals surface area contributed by atoms with Crippen molar-refractivity contribution < 1.29 is 44.0 Å². The van der Waals surface area contributed by atoms with Crippen LogP contribution in [0.2, 0.25) is 0 Å². The first-order chi connectivity index (χ1) is 14.6. The molecule has 0 aliphatic heterocycles. The lowest BCUT2D eigenvalue weighted by atomic mass is 9.83. The molecule has 0 saturated heterocycles. The van der Waals surface area contributed by atoms with Crippen LogP contribution in [0.1, 0.15) is 56.9 Å². The van der Waals surface area contributed by atoms with E-state index in [4.69, 9.17) is 20.1 Å². The van der Waals surface area contributed by atoms with E-state index in [1.807, 2.05) is 6.07 Å². The molecule has 0 aromatic heterocycles. The fourth-order valence-electron chi connectivity index (χ4n) is 2.99. The standard InChI is InChI=1S/C21H27NO9/c23-16(6-7-20(30)31-14-15-4-2-1-3-5-15)22-21(11-8-17(24)25,12-9-18(26)27)13-10-19(28)29/h1-5H,6-14H2,(H,22,23)(H,24,25)(H,26,27)(H,28,29). The Balaban J connectivity index is 2.71. The average Bonchev–Trinajstić information content (AvgIpc) is 2.72. The van der Waals surface area contributed by atoms with Crippen LogP contribution < -0.4 is 5.32 Å². The van der Waals surface area contributed by atoms with Crippen LogP contribution in [0.4, 0.5) is 0 Å². The molecule has 0 atom stereocenters. The van der Waals surface area contributed by atoms with Gasteiger partial charge in [-0.25, -0.2) is 0 Å². The molecule has 0 saturated carbocycles. The Hall–Kier alpha value is -3.43. The largest absolute Gasteiger partial charge is 0.481 e. The van der Waals surface area contributed by atoms with Crippen molar-refractivity contribution in [2.45, 2.75) is 63.5 Å². The van der Waals surface area contributed by atoms with Crippen LogP contribution in [0, 0.1) is 0 Å². The van der Waals surface area contributed by atoms with Gasteiger partial charge < -0.3 is 25.4 Å². The summed E-state index contributed by atoms with van der Waals surface area (Å²) < 4.78 is 5.09. The van der Waals surface area contributed by atoms with Crippen molar-refractivity contribution in [3.05, 3.63) is 35.9 Å². The maximum absolute atomic E-state index is 12.4. The first-order valence-electron chi connectivity index (χ1n) is 9.78. The van der Waals surface area contributed by atoms with E-state index < -0.39 is 35.3 Å². The number of rotatable bonds is 15. The highest BCUT2D eigenvalue weighted by molar-refractivity contribution is 5.82. The summed E-state index contributed by atoms with van der Waals surface area (Å²) in [6, 6.07) is 8.97. The minimum atomic E-state index is -1.32. The van der Waals surface area contributed by atoms with Crippen LogP contribution in [0.25, 0.3) is 0 Å². The molecule has 170 valence electrons. The van der Waals surface area contributed by atoms with E-state index in [2.05, 4.69) is 5.32 Å². The van der Waals surface area contributed by atoms with E-state index in [1.165, 1.54) is 0 Å². The van der Waals surface area contributed by atoms with Gasteiger partial charge in [-0.1, -0.05) is 30.3 Å². The highest BCUT2D eigenvalue weighted by Gasteiger charge is 2.33. The molecule has 1 aromatic carbocycles. The van der Waals surface area contributed by atoms with E-state index in [1.54, 1.807) is 24.3 Å². The van der Waals surface area contributed by atoms with Gasteiger partial charge in [0.15, 0.2) is 0 Å². The van der Waals surface area contributed by atoms with Crippen LogP contribution in [0.3, 0.4) is 0 Å². The van der Waals surface area contributed by atoms with Gasteiger partial charge in [0.2, 0.25) is 5.91 Å². The minimum Gasteiger partial charge on any atom is -0.481 e. The molecule has 10 heteroatoms. The van der Waals surface area contributed by atoms with E-state index in [0.717, 1.165) is 5.56 Å². The number of carbonyl (C=O) groups excluding carboxylic acids is 2. The second kappa shape index (κ2) is 13.0. The third kappa shape index (κ3) is 11.4. The lowest BCUT2D eigenvalue weighted by Gasteiger charge is -2.34. The Bertz CT molecular complexity index is 731. The maximum atomic E-state index is 12.4. The molecule has 10 nitrogen and oxygen atoms in total. The zero-order chi connectivity index (χ0) is 23.3. The number of ether oxygens (including phenoxy) is 1. The molecule has 0 aliphatic carbocycles. The topological polar surface area (TPSA) is 167 Å². The molecule has 0 fully saturated rings. The predicted molar refractivity (Wildman–Crippen MR) is 107 cm³/mol. The summed E-state index contributed by atoms with van der Waals surface area (Å²) in [5.74, 6) is -4.69. The number of esters is 1. The molecular weight excluding hydrogens is 410 g/mol. The van der Waals surface area contributed by atoms with Crippen LogP contribution >= 0.6 is 0 Å². The number of carboxylic acid groups (broad SMARTS) is 3. The van der Waals surface area contributed by atoms with Gasteiger partial charge in [-0.3, -0.25) is 24.0 Å². The predicted octanol–water partition coefficient (Wildman–Crippen LogP) is 1.96. The smallest absolute Gasteiger partial charge is 0.306 e. The van der Waals surface area contributed by atoms with Gasteiger partial charge in [-0.2, -0.15) is 0 Å². The van der Waals surface area contributed by atoms with Gasteiger partial charge in [0.05, 0.1) is 6.42 Å². The molecule has 0 bridgehead atoms. The van der Waals surface area contributed by atoms with Gasteiger partial charge >= 0.3 is 23.9 Å². The van der Waals surface area contributed by atoms with E-state index in [9.17, 15) is 24.0 Å². The number of nitrogens with one attached hydrogen (secondary N) is 1. The number of hydrogen-bond donors (Lipinski definition) is 4. The minimum absolute atomic E-state index is 0.0566. The molecule has 0 heterocycles. The maximum Gasteiger partial charge on any atom is 0.306 e. The van der Waals surface area contributed by atoms with E-state index >= 15 is 0 Å². The third-order valence-corrected chi connectivity index (χ3v) is 4.66. The first kappa shape index (κ1) is 25.6. The molecule has 0 aliphatic rings. The van der Waals surface area contributed by atoms with Crippen LogP contribution in [0.15, 0.2) is 30.3 Å². The highest BCUT2D eigenvalue weighted by Crippen LogP contribution is 2.26. The SMILES string of the molecule is O=C(O)CCC(CCC(=O)O)(CCC(=O)O)NC(=O)CCC(=O)OCc1ccccc1.